The number of hydrogen-bond acceptors (Lipinski definition) is 5. The van der Waals surface area contributed by atoms with Crippen molar-refractivity contribution in [3.63, 3.8) is 0 Å². The molecular weight excluding hydrogens is 371 g/mol. The molecule has 29 heavy (non-hydrogen) atoms. The number of halogens is 1. The van der Waals surface area contributed by atoms with E-state index in [9.17, 15) is 9.18 Å². The van der Waals surface area contributed by atoms with Gasteiger partial charge in [0.05, 0.1) is 5.69 Å². The minimum Gasteiger partial charge on any atom is -0.454 e. The molecule has 1 aromatic heterocycles. The smallest absolute Gasteiger partial charge is 0.231 e. The van der Waals surface area contributed by atoms with Crippen LogP contribution in [0.3, 0.4) is 0 Å². The highest BCUT2D eigenvalue weighted by molar-refractivity contribution is 5.98. The molecule has 2 aliphatic heterocycles. The zero-order valence-corrected chi connectivity index (χ0v) is 15.9. The first-order valence-corrected chi connectivity index (χ1v) is 9.88. The molecule has 0 radical (unpaired) electrons. The van der Waals surface area contributed by atoms with Crippen LogP contribution in [0.4, 0.5) is 4.39 Å². The lowest BCUT2D eigenvalue weighted by Crippen LogP contribution is -2.38. The van der Waals surface area contributed by atoms with Crippen LogP contribution in [0.2, 0.25) is 0 Å². The minimum atomic E-state index is -0.307. The van der Waals surface area contributed by atoms with Crippen LogP contribution in [-0.4, -0.2) is 35.5 Å². The predicted octanol–water partition coefficient (Wildman–Crippen LogP) is 4.20. The van der Waals surface area contributed by atoms with Crippen LogP contribution in [-0.2, 0) is 6.54 Å². The lowest BCUT2D eigenvalue weighted by atomic mass is 9.89. The zero-order valence-electron chi connectivity index (χ0n) is 15.9. The first kappa shape index (κ1) is 18.1. The summed E-state index contributed by atoms with van der Waals surface area (Å²) in [4.78, 5) is 19.8. The Balaban J connectivity index is 1.30. The van der Waals surface area contributed by atoms with Gasteiger partial charge in [-0.2, -0.15) is 0 Å². The van der Waals surface area contributed by atoms with Crippen LogP contribution in [0.25, 0.3) is 10.9 Å². The molecule has 2 aliphatic rings. The molecule has 0 aliphatic carbocycles. The summed E-state index contributed by atoms with van der Waals surface area (Å²) in [7, 11) is 0. The number of rotatable bonds is 4. The lowest BCUT2D eigenvalue weighted by molar-refractivity contribution is 0.0810. The van der Waals surface area contributed by atoms with Gasteiger partial charge in [-0.25, -0.2) is 9.37 Å². The Morgan fingerprint density at radius 3 is 2.97 bits per heavy atom. The largest absolute Gasteiger partial charge is 0.454 e. The molecule has 0 bridgehead atoms. The van der Waals surface area contributed by atoms with Gasteiger partial charge in [-0.3, -0.25) is 9.69 Å². The average Bonchev–Trinajstić information content (AvgIpc) is 3.22. The number of benzene rings is 2. The highest BCUT2D eigenvalue weighted by atomic mass is 19.1. The van der Waals surface area contributed by atoms with Crippen LogP contribution < -0.4 is 9.47 Å². The average molecular weight is 392 g/mol. The molecule has 6 heteroatoms. The number of fused-ring (bicyclic) bond motifs is 2. The number of carbonyl (C=O) groups excluding carboxylic acids is 1. The number of ketones is 1. The molecule has 1 atom stereocenters. The second-order valence-electron chi connectivity index (χ2n) is 7.62. The maximum absolute atomic E-state index is 14.1. The third-order valence-electron chi connectivity index (χ3n) is 5.65. The van der Waals surface area contributed by atoms with Crippen molar-refractivity contribution in [1.29, 1.82) is 0 Å². The van der Waals surface area contributed by atoms with Crippen LogP contribution in [0.15, 0.2) is 48.5 Å². The third-order valence-corrected chi connectivity index (χ3v) is 5.65. The van der Waals surface area contributed by atoms with Gasteiger partial charge in [-0.05, 0) is 49.7 Å². The van der Waals surface area contributed by atoms with Gasteiger partial charge < -0.3 is 9.47 Å². The summed E-state index contributed by atoms with van der Waals surface area (Å²) < 4.78 is 24.8. The lowest BCUT2D eigenvalue weighted by Gasteiger charge is -2.31. The van der Waals surface area contributed by atoms with Crippen molar-refractivity contribution < 1.29 is 18.7 Å². The van der Waals surface area contributed by atoms with Crippen molar-refractivity contribution in [3.05, 3.63) is 65.6 Å². The normalized spacial score (nSPS) is 18.9. The molecule has 3 aromatic rings. The van der Waals surface area contributed by atoms with E-state index in [0.29, 0.717) is 35.7 Å². The van der Waals surface area contributed by atoms with Crippen LogP contribution >= 0.6 is 0 Å². The number of carbonyl (C=O) groups is 1. The number of Topliss-reactive ketones (excluding diaryl/α,β-unsaturated/α-hetero) is 1. The summed E-state index contributed by atoms with van der Waals surface area (Å²) in [6.45, 7) is 2.38. The van der Waals surface area contributed by atoms with Crippen molar-refractivity contribution in [2.24, 2.45) is 5.92 Å². The van der Waals surface area contributed by atoms with Crippen LogP contribution in [0.5, 0.6) is 11.5 Å². The van der Waals surface area contributed by atoms with E-state index in [1.54, 1.807) is 18.2 Å². The summed E-state index contributed by atoms with van der Waals surface area (Å²) in [5.74, 6) is 1.07. The van der Waals surface area contributed by atoms with Gasteiger partial charge in [0.1, 0.15) is 11.3 Å². The van der Waals surface area contributed by atoms with Crippen LogP contribution in [0.1, 0.15) is 28.9 Å². The quantitative estimate of drug-likeness (QED) is 0.623. The Morgan fingerprint density at radius 1 is 1.14 bits per heavy atom. The Hall–Kier alpha value is -2.99. The summed E-state index contributed by atoms with van der Waals surface area (Å²) in [5, 5.41) is 0.795. The summed E-state index contributed by atoms with van der Waals surface area (Å²) in [6, 6.07) is 14.2. The van der Waals surface area contributed by atoms with E-state index in [-0.39, 0.29) is 24.3 Å². The van der Waals surface area contributed by atoms with E-state index in [1.165, 1.54) is 6.07 Å². The molecule has 2 aromatic carbocycles. The van der Waals surface area contributed by atoms with E-state index in [0.717, 1.165) is 30.5 Å². The highest BCUT2D eigenvalue weighted by Gasteiger charge is 2.28. The van der Waals surface area contributed by atoms with Gasteiger partial charge in [-0.1, -0.05) is 18.2 Å². The molecule has 5 rings (SSSR count). The van der Waals surface area contributed by atoms with Gasteiger partial charge in [0.2, 0.25) is 6.79 Å². The Kier molecular flexibility index (Phi) is 4.64. The number of piperidine rings is 1. The number of para-hydroxylation sites is 1. The van der Waals surface area contributed by atoms with Crippen molar-refractivity contribution in [3.8, 4) is 11.5 Å². The number of ether oxygens (including phenoxy) is 2. The molecule has 1 fully saturated rings. The monoisotopic (exact) mass is 392 g/mol. The molecule has 0 spiro atoms. The maximum Gasteiger partial charge on any atom is 0.231 e. The van der Waals surface area contributed by atoms with E-state index < -0.39 is 0 Å². The van der Waals surface area contributed by atoms with Crippen molar-refractivity contribution in [1.82, 2.24) is 9.88 Å². The Morgan fingerprint density at radius 2 is 2.03 bits per heavy atom. The molecule has 3 heterocycles. The number of aromatic nitrogens is 1. The van der Waals surface area contributed by atoms with Gasteiger partial charge in [0.15, 0.2) is 17.3 Å². The molecule has 0 saturated carbocycles. The second kappa shape index (κ2) is 7.44. The number of nitrogens with zero attached hydrogens (tertiary/aromatic N) is 2. The fourth-order valence-corrected chi connectivity index (χ4v) is 4.17. The highest BCUT2D eigenvalue weighted by Crippen LogP contribution is 2.34. The molecule has 0 amide bonds. The van der Waals surface area contributed by atoms with E-state index in [2.05, 4.69) is 9.88 Å². The second-order valence-corrected chi connectivity index (χ2v) is 7.62. The number of hydrogen-bond donors (Lipinski definition) is 0. The third kappa shape index (κ3) is 3.56. The van der Waals surface area contributed by atoms with E-state index in [1.807, 2.05) is 24.3 Å². The molecule has 5 nitrogen and oxygen atoms in total. The first-order valence-electron chi connectivity index (χ1n) is 9.88. The van der Waals surface area contributed by atoms with Gasteiger partial charge >= 0.3 is 0 Å². The topological polar surface area (TPSA) is 51.7 Å². The molecular formula is C23H21FN2O3. The standard InChI is InChI=1S/C23H21FN2O3/c24-19-5-1-3-15-6-8-18(25-22(15)19)13-26-10-2-4-17(12-26)23(27)16-7-9-20-21(11-16)29-14-28-20/h1,3,5-9,11,17H,2,4,10,12-14H2/t17-/m0/s1. The summed E-state index contributed by atoms with van der Waals surface area (Å²) in [6.07, 6.45) is 1.81. The van der Waals surface area contributed by atoms with Crippen LogP contribution in [0, 0.1) is 11.7 Å². The SMILES string of the molecule is O=C(c1ccc2c(c1)OCO2)[C@H]1CCCN(Cc2ccc3cccc(F)c3n2)C1. The zero-order chi connectivity index (χ0) is 19.8. The Bertz CT molecular complexity index is 1080. The summed E-state index contributed by atoms with van der Waals surface area (Å²) >= 11 is 0. The van der Waals surface area contributed by atoms with Gasteiger partial charge in [0, 0.05) is 30.0 Å². The number of likely N-dealkylation sites (tertiary alicyclic amines) is 1. The fraction of sp³-hybridized carbons (Fsp3) is 0.304. The van der Waals surface area contributed by atoms with Crippen molar-refractivity contribution in [2.75, 3.05) is 19.9 Å². The molecule has 148 valence electrons. The van der Waals surface area contributed by atoms with Gasteiger partial charge in [0.25, 0.3) is 0 Å². The minimum absolute atomic E-state index is 0.0682. The van der Waals surface area contributed by atoms with Crippen molar-refractivity contribution in [2.45, 2.75) is 19.4 Å². The molecule has 0 unspecified atom stereocenters. The Labute approximate surface area is 168 Å². The van der Waals surface area contributed by atoms with Gasteiger partial charge in [-0.15, -0.1) is 0 Å². The van der Waals surface area contributed by atoms with E-state index >= 15 is 0 Å². The molecule has 0 N–H and O–H groups in total. The van der Waals surface area contributed by atoms with E-state index in [4.69, 9.17) is 9.47 Å². The van der Waals surface area contributed by atoms with Crippen molar-refractivity contribution >= 4 is 16.7 Å². The maximum atomic E-state index is 14.1. The predicted molar refractivity (Wildman–Crippen MR) is 107 cm³/mol. The molecule has 1 saturated heterocycles. The fourth-order valence-electron chi connectivity index (χ4n) is 4.17. The number of pyridine rings is 1. The summed E-state index contributed by atoms with van der Waals surface area (Å²) in [5.41, 5.74) is 1.88. The first-order chi connectivity index (χ1) is 14.2.